The summed E-state index contributed by atoms with van der Waals surface area (Å²) in [6.07, 6.45) is 2.29. The van der Waals surface area contributed by atoms with Crippen LogP contribution in [-0.4, -0.2) is 54.0 Å². The van der Waals surface area contributed by atoms with Crippen LogP contribution in [0.1, 0.15) is 38.3 Å². The quantitative estimate of drug-likeness (QED) is 0.875. The number of amides is 3. The fraction of sp³-hybridized carbons (Fsp3) is 0.600. The van der Waals surface area contributed by atoms with Gasteiger partial charge in [-0.2, -0.15) is 11.8 Å². The van der Waals surface area contributed by atoms with Crippen molar-refractivity contribution in [3.05, 3.63) is 35.4 Å². The minimum absolute atomic E-state index is 0.0149. The number of aryl methyl sites for hydroxylation is 1. The molecule has 6 heteroatoms. The van der Waals surface area contributed by atoms with E-state index < -0.39 is 5.54 Å². The molecule has 1 aliphatic rings. The van der Waals surface area contributed by atoms with Gasteiger partial charge in [-0.05, 0) is 30.9 Å². The molecule has 1 aromatic carbocycles. The number of carbonyl (C=O) groups excluding carboxylic acids is 2. The van der Waals surface area contributed by atoms with E-state index in [2.05, 4.69) is 26.1 Å². The van der Waals surface area contributed by atoms with Gasteiger partial charge >= 0.3 is 6.03 Å². The molecule has 0 radical (unpaired) electrons. The lowest BCUT2D eigenvalue weighted by Crippen LogP contribution is -2.57. The second-order valence-corrected chi connectivity index (χ2v) is 9.04. The Labute approximate surface area is 161 Å². The van der Waals surface area contributed by atoms with Crippen molar-refractivity contribution in [2.75, 3.05) is 26.1 Å². The largest absolute Gasteiger partial charge is 0.341 e. The molecule has 3 amide bonds. The first kappa shape index (κ1) is 20.6. The van der Waals surface area contributed by atoms with Crippen LogP contribution in [0.5, 0.6) is 0 Å². The summed E-state index contributed by atoms with van der Waals surface area (Å²) in [5.41, 5.74) is 0.752. The lowest BCUT2D eigenvalue weighted by Gasteiger charge is -2.42. The van der Waals surface area contributed by atoms with Crippen LogP contribution in [0.2, 0.25) is 0 Å². The van der Waals surface area contributed by atoms with E-state index in [9.17, 15) is 9.59 Å². The van der Waals surface area contributed by atoms with E-state index in [1.807, 2.05) is 44.5 Å². The van der Waals surface area contributed by atoms with E-state index in [-0.39, 0.29) is 23.5 Å². The van der Waals surface area contributed by atoms with Crippen molar-refractivity contribution in [3.63, 3.8) is 0 Å². The van der Waals surface area contributed by atoms with Crippen LogP contribution in [0, 0.1) is 12.3 Å². The molecular formula is C20H31N3O2S. The molecule has 0 saturated carbocycles. The van der Waals surface area contributed by atoms with E-state index in [0.717, 1.165) is 16.9 Å². The van der Waals surface area contributed by atoms with Crippen LogP contribution in [0.4, 0.5) is 4.79 Å². The van der Waals surface area contributed by atoms with Gasteiger partial charge in [-0.1, -0.05) is 50.6 Å². The van der Waals surface area contributed by atoms with E-state index in [1.54, 1.807) is 28.6 Å². The first-order valence-corrected chi connectivity index (χ1v) is 10.3. The molecule has 5 nitrogen and oxygen atoms in total. The molecule has 1 N–H and O–H groups in total. The molecule has 0 unspecified atom stereocenters. The third kappa shape index (κ3) is 3.31. The van der Waals surface area contributed by atoms with E-state index in [0.29, 0.717) is 6.42 Å². The molecule has 2 atom stereocenters. The Hall–Kier alpha value is -1.69. The van der Waals surface area contributed by atoms with Gasteiger partial charge in [0.05, 0.1) is 0 Å². The molecule has 1 heterocycles. The topological polar surface area (TPSA) is 52.7 Å². The number of benzene rings is 1. The standard InChI is InChI=1S/C20H31N3O2S/c1-14-8-10-15(11-9-14)20(12-13-26-7)17(24)22(6)16(19(2,3)4)23(20)18(25)21-5/h8-11,16H,12-13H2,1-7H3,(H,21,25)/t16-,20-/m1/s1. The number of rotatable bonds is 4. The Morgan fingerprint density at radius 2 is 1.85 bits per heavy atom. The summed E-state index contributed by atoms with van der Waals surface area (Å²) in [5.74, 6) is 0.775. The molecule has 1 aromatic rings. The molecule has 0 bridgehead atoms. The fourth-order valence-electron chi connectivity index (χ4n) is 3.97. The zero-order chi connectivity index (χ0) is 19.7. The summed E-state index contributed by atoms with van der Waals surface area (Å²) in [5, 5.41) is 2.76. The van der Waals surface area contributed by atoms with Gasteiger partial charge in [-0.3, -0.25) is 9.69 Å². The molecule has 0 spiro atoms. The SMILES string of the molecule is CNC(=O)N1[C@H](C(C)(C)C)N(C)C(=O)[C@@]1(CCSC)c1ccc(C)cc1. The molecule has 26 heavy (non-hydrogen) atoms. The Morgan fingerprint density at radius 1 is 1.27 bits per heavy atom. The Kier molecular flexibility index (Phi) is 5.95. The predicted molar refractivity (Wildman–Crippen MR) is 108 cm³/mol. The normalized spacial score (nSPS) is 23.5. The average molecular weight is 378 g/mol. The number of likely N-dealkylation sites (N-methyl/N-ethyl adjacent to an activating group) is 1. The number of urea groups is 1. The predicted octanol–water partition coefficient (Wildman–Crippen LogP) is 3.43. The van der Waals surface area contributed by atoms with E-state index in [4.69, 9.17) is 0 Å². The number of thioether (sulfide) groups is 1. The van der Waals surface area contributed by atoms with E-state index >= 15 is 0 Å². The minimum Gasteiger partial charge on any atom is -0.341 e. The minimum atomic E-state index is -0.983. The molecule has 2 rings (SSSR count). The van der Waals surface area contributed by atoms with Crippen LogP contribution in [0.25, 0.3) is 0 Å². The molecule has 1 saturated heterocycles. The maximum Gasteiger partial charge on any atom is 0.319 e. The summed E-state index contributed by atoms with van der Waals surface area (Å²) in [7, 11) is 3.43. The van der Waals surface area contributed by atoms with Crippen molar-refractivity contribution < 1.29 is 9.59 Å². The van der Waals surface area contributed by atoms with Crippen molar-refractivity contribution in [2.45, 2.75) is 45.8 Å². The smallest absolute Gasteiger partial charge is 0.319 e. The molecule has 0 aliphatic carbocycles. The highest BCUT2D eigenvalue weighted by atomic mass is 32.2. The zero-order valence-electron chi connectivity index (χ0n) is 16.9. The lowest BCUT2D eigenvalue weighted by molar-refractivity contribution is -0.133. The highest BCUT2D eigenvalue weighted by molar-refractivity contribution is 7.98. The van der Waals surface area contributed by atoms with Crippen LogP contribution in [0.3, 0.4) is 0 Å². The first-order valence-electron chi connectivity index (χ1n) is 8.95. The highest BCUT2D eigenvalue weighted by Crippen LogP contribution is 2.47. The summed E-state index contributed by atoms with van der Waals surface area (Å²) >= 11 is 1.69. The Balaban J connectivity index is 2.74. The Bertz CT molecular complexity index is 669. The molecular weight excluding hydrogens is 346 g/mol. The maximum absolute atomic E-state index is 13.6. The first-order chi connectivity index (χ1) is 12.1. The van der Waals surface area contributed by atoms with Crippen molar-refractivity contribution in [2.24, 2.45) is 5.41 Å². The van der Waals surface area contributed by atoms with Crippen LogP contribution >= 0.6 is 11.8 Å². The second-order valence-electron chi connectivity index (χ2n) is 8.05. The zero-order valence-corrected chi connectivity index (χ0v) is 17.7. The number of nitrogens with one attached hydrogen (secondary N) is 1. The van der Waals surface area contributed by atoms with Gasteiger partial charge < -0.3 is 10.2 Å². The molecule has 144 valence electrons. The third-order valence-electron chi connectivity index (χ3n) is 5.10. The van der Waals surface area contributed by atoms with Gasteiger partial charge in [-0.15, -0.1) is 0 Å². The van der Waals surface area contributed by atoms with Crippen LogP contribution in [-0.2, 0) is 10.3 Å². The molecule has 0 aromatic heterocycles. The van der Waals surface area contributed by atoms with Crippen LogP contribution in [0.15, 0.2) is 24.3 Å². The monoisotopic (exact) mass is 377 g/mol. The lowest BCUT2D eigenvalue weighted by atomic mass is 9.84. The van der Waals surface area contributed by atoms with Crippen molar-refractivity contribution in [3.8, 4) is 0 Å². The number of hydrogen-bond acceptors (Lipinski definition) is 3. The van der Waals surface area contributed by atoms with Gasteiger partial charge in [0.1, 0.15) is 6.17 Å². The number of hydrogen-bond donors (Lipinski definition) is 1. The van der Waals surface area contributed by atoms with E-state index in [1.165, 1.54) is 0 Å². The van der Waals surface area contributed by atoms with Gasteiger partial charge in [0.25, 0.3) is 5.91 Å². The summed E-state index contributed by atoms with van der Waals surface area (Å²) in [6, 6.07) is 7.78. The van der Waals surface area contributed by atoms with Crippen molar-refractivity contribution in [1.82, 2.24) is 15.1 Å². The number of carbonyl (C=O) groups is 2. The fourth-order valence-corrected chi connectivity index (χ4v) is 4.47. The third-order valence-corrected chi connectivity index (χ3v) is 5.71. The van der Waals surface area contributed by atoms with Crippen molar-refractivity contribution >= 4 is 23.7 Å². The van der Waals surface area contributed by atoms with Gasteiger partial charge in [-0.25, -0.2) is 4.79 Å². The molecule has 1 fully saturated rings. The second kappa shape index (κ2) is 7.51. The summed E-state index contributed by atoms with van der Waals surface area (Å²) in [4.78, 5) is 30.1. The van der Waals surface area contributed by atoms with Gasteiger partial charge in [0.15, 0.2) is 5.54 Å². The molecule has 1 aliphatic heterocycles. The summed E-state index contributed by atoms with van der Waals surface area (Å²) < 4.78 is 0. The average Bonchev–Trinajstić information content (AvgIpc) is 2.82. The van der Waals surface area contributed by atoms with Crippen LogP contribution < -0.4 is 5.32 Å². The van der Waals surface area contributed by atoms with Gasteiger partial charge in [0, 0.05) is 19.5 Å². The highest BCUT2D eigenvalue weighted by Gasteiger charge is 2.61. The maximum atomic E-state index is 13.6. The summed E-state index contributed by atoms with van der Waals surface area (Å²) in [6.45, 7) is 8.22. The Morgan fingerprint density at radius 3 is 2.31 bits per heavy atom. The van der Waals surface area contributed by atoms with Crippen molar-refractivity contribution in [1.29, 1.82) is 0 Å². The van der Waals surface area contributed by atoms with Gasteiger partial charge in [0.2, 0.25) is 0 Å². The number of nitrogens with zero attached hydrogens (tertiary/aromatic N) is 2.